The smallest absolute Gasteiger partial charge is 0.338 e. The van der Waals surface area contributed by atoms with Crippen LogP contribution in [0, 0.1) is 16.7 Å². The van der Waals surface area contributed by atoms with Gasteiger partial charge in [-0.1, -0.05) is 61.9 Å². The zero-order valence-electron chi connectivity index (χ0n) is 50.3. The van der Waals surface area contributed by atoms with Crippen molar-refractivity contribution in [3.05, 3.63) is 83.4 Å². The van der Waals surface area contributed by atoms with Gasteiger partial charge in [-0.2, -0.15) is 0 Å². The summed E-state index contributed by atoms with van der Waals surface area (Å²) in [7, 11) is 6.24. The highest BCUT2D eigenvalue weighted by molar-refractivity contribution is 5.90. The van der Waals surface area contributed by atoms with E-state index in [9.17, 15) is 35.1 Å². The number of esters is 2. The Hall–Kier alpha value is -3.56. The number of methoxy groups -OCH3 is 4. The first kappa shape index (κ1) is 63.5. The summed E-state index contributed by atoms with van der Waals surface area (Å²) in [6.45, 7) is 12.7. The lowest BCUT2D eigenvalue weighted by Gasteiger charge is -2.67. The van der Waals surface area contributed by atoms with E-state index in [4.69, 9.17) is 66.3 Å². The predicted octanol–water partition coefficient (Wildman–Crippen LogP) is 5.46. The summed E-state index contributed by atoms with van der Waals surface area (Å²) in [6, 6.07) is 17.0. The molecule has 4 aliphatic heterocycles. The van der Waals surface area contributed by atoms with Crippen LogP contribution in [0.15, 0.2) is 72.3 Å². The first-order valence-corrected chi connectivity index (χ1v) is 30.1. The number of carbonyl (C=O) groups is 2. The third-order valence-corrected chi connectivity index (χ3v) is 20.9. The number of fused-ring (bicyclic) bond motifs is 5. The molecule has 2 unspecified atom stereocenters. The van der Waals surface area contributed by atoms with E-state index in [1.54, 1.807) is 103 Å². The highest BCUT2D eigenvalue weighted by atomic mass is 16.8. The average molecular weight is 1180 g/mol. The van der Waals surface area contributed by atoms with Gasteiger partial charge in [-0.25, -0.2) is 9.59 Å². The fourth-order valence-corrected chi connectivity index (χ4v) is 15.9. The second kappa shape index (κ2) is 25.1. The maximum Gasteiger partial charge on any atom is 0.338 e. The van der Waals surface area contributed by atoms with Crippen molar-refractivity contribution in [3.63, 3.8) is 0 Å². The normalized spacial score (nSPS) is 46.2. The molecule has 8 aliphatic rings. The van der Waals surface area contributed by atoms with Gasteiger partial charge in [0.05, 0.1) is 65.4 Å². The molecule has 2 aromatic carbocycles. The Kier molecular flexibility index (Phi) is 19.0. The second-order valence-electron chi connectivity index (χ2n) is 25.3. The van der Waals surface area contributed by atoms with E-state index in [0.29, 0.717) is 49.7 Å². The fourth-order valence-electron chi connectivity index (χ4n) is 15.9. The molecule has 7 fully saturated rings. The topological polar surface area (TPSA) is 265 Å². The number of benzene rings is 2. The monoisotopic (exact) mass is 1180 g/mol. The number of rotatable bonds is 17. The van der Waals surface area contributed by atoms with Crippen molar-refractivity contribution in [1.29, 1.82) is 0 Å². The Bertz CT molecular complexity index is 2600. The van der Waals surface area contributed by atoms with Gasteiger partial charge < -0.3 is 91.8 Å². The van der Waals surface area contributed by atoms with Gasteiger partial charge in [0, 0.05) is 53.6 Å². The Morgan fingerprint density at radius 2 is 1.11 bits per heavy atom. The third kappa shape index (κ3) is 11.3. The molecule has 26 atom stereocenters. The molecule has 0 radical (unpaired) electrons. The first-order valence-electron chi connectivity index (χ1n) is 30.1. The molecular weight excluding hydrogens is 1090 g/mol. The summed E-state index contributed by atoms with van der Waals surface area (Å²) in [4.78, 5) is 27.6. The van der Waals surface area contributed by atoms with Crippen molar-refractivity contribution in [2.45, 2.75) is 252 Å². The molecule has 4 saturated heterocycles. The molecule has 0 amide bonds. The van der Waals surface area contributed by atoms with Crippen LogP contribution < -0.4 is 0 Å². The molecule has 21 heteroatoms. The average Bonchev–Trinajstić information content (AvgIpc) is 1.40. The number of aliphatic hydroxyl groups excluding tert-OH is 2. The maximum atomic E-state index is 14.1. The van der Waals surface area contributed by atoms with E-state index in [-0.39, 0.29) is 31.8 Å². The zero-order chi connectivity index (χ0) is 60.3. The van der Waals surface area contributed by atoms with Crippen molar-refractivity contribution < 1.29 is 101 Å². The molecule has 10 rings (SSSR count). The summed E-state index contributed by atoms with van der Waals surface area (Å²) in [6.07, 6.45) is -9.36. The van der Waals surface area contributed by atoms with Crippen LogP contribution in [-0.4, -0.2) is 206 Å². The van der Waals surface area contributed by atoms with E-state index in [1.165, 1.54) is 7.11 Å². The van der Waals surface area contributed by atoms with Crippen LogP contribution in [0.5, 0.6) is 0 Å². The van der Waals surface area contributed by atoms with Gasteiger partial charge in [0.15, 0.2) is 25.2 Å². The quantitative estimate of drug-likeness (QED) is 0.0972. The van der Waals surface area contributed by atoms with Crippen LogP contribution in [0.25, 0.3) is 0 Å². The molecule has 84 heavy (non-hydrogen) atoms. The van der Waals surface area contributed by atoms with Crippen LogP contribution in [0.1, 0.15) is 133 Å². The molecule has 4 heterocycles. The minimum atomic E-state index is -2.00. The standard InChI is InChI=1S/C63H90O21/c1-33-50(64)55(74-11)51(65)58(78-33)84-54-36(4)77-49(31-44(54)73-10)83-53-35(3)76-48(30-43(53)72-9)82-52-34(2)75-47(29-42(52)71-8)80-41-23-24-59(6)40(28-41)22-25-62(69)45(59)32-46(81-57(67)39-20-16-13-17-21-39)60(7)61(68,26-27-63(60,62)70)37(5)79-56(66)38-18-14-12-15-19-38/h12-22,33-37,41-55,58,64-65,68-70H,23-32H2,1-11H3/t33-,34-,35-,36-,37?,41+,42+,43+,44-,45-,46-,47+,48+,49+,50+,51-,52-,53-,54-,55+,58+,59+,60-,61?,62+,63-/m1/s1. The zero-order valence-corrected chi connectivity index (χ0v) is 50.3. The van der Waals surface area contributed by atoms with Crippen LogP contribution in [-0.2, 0) is 66.3 Å². The molecule has 21 nitrogen and oxygen atoms in total. The lowest BCUT2D eigenvalue weighted by atomic mass is 9.42. The molecule has 3 saturated carbocycles. The highest BCUT2D eigenvalue weighted by Crippen LogP contribution is 2.71. The van der Waals surface area contributed by atoms with Crippen molar-refractivity contribution in [2.24, 2.45) is 16.7 Å². The Labute approximate surface area is 492 Å². The number of hydrogen-bond acceptors (Lipinski definition) is 21. The lowest BCUT2D eigenvalue weighted by molar-refractivity contribution is -0.356. The summed E-state index contributed by atoms with van der Waals surface area (Å²) < 4.78 is 87.5. The molecular formula is C63H90O21. The van der Waals surface area contributed by atoms with E-state index in [1.807, 2.05) is 26.8 Å². The van der Waals surface area contributed by atoms with Crippen LogP contribution >= 0.6 is 0 Å². The summed E-state index contributed by atoms with van der Waals surface area (Å²) in [5, 5.41) is 61.2. The van der Waals surface area contributed by atoms with E-state index in [0.717, 1.165) is 5.57 Å². The van der Waals surface area contributed by atoms with Gasteiger partial charge in [0.25, 0.3) is 0 Å². The van der Waals surface area contributed by atoms with Crippen molar-refractivity contribution in [1.82, 2.24) is 0 Å². The van der Waals surface area contributed by atoms with Crippen LogP contribution in [0.3, 0.4) is 0 Å². The molecule has 0 aromatic heterocycles. The van der Waals surface area contributed by atoms with Crippen LogP contribution in [0.4, 0.5) is 0 Å². The highest BCUT2D eigenvalue weighted by Gasteiger charge is 2.81. The van der Waals surface area contributed by atoms with Crippen LogP contribution in [0.2, 0.25) is 0 Å². The van der Waals surface area contributed by atoms with Crippen molar-refractivity contribution in [2.75, 3.05) is 28.4 Å². The van der Waals surface area contributed by atoms with Gasteiger partial charge in [-0.3, -0.25) is 0 Å². The molecule has 5 N–H and O–H groups in total. The third-order valence-electron chi connectivity index (χ3n) is 20.9. The van der Waals surface area contributed by atoms with Gasteiger partial charge in [0.1, 0.15) is 65.6 Å². The number of hydrogen-bond donors (Lipinski definition) is 5. The van der Waals surface area contributed by atoms with E-state index >= 15 is 0 Å². The second-order valence-corrected chi connectivity index (χ2v) is 25.3. The van der Waals surface area contributed by atoms with Gasteiger partial charge >= 0.3 is 11.9 Å². The molecule has 0 spiro atoms. The predicted molar refractivity (Wildman–Crippen MR) is 298 cm³/mol. The van der Waals surface area contributed by atoms with Gasteiger partial charge in [-0.15, -0.1) is 0 Å². The molecule has 2 aromatic rings. The largest absolute Gasteiger partial charge is 0.458 e. The molecule has 468 valence electrons. The summed E-state index contributed by atoms with van der Waals surface area (Å²) >= 11 is 0. The Morgan fingerprint density at radius 3 is 1.63 bits per heavy atom. The SMILES string of the molecule is CO[C@H]1[C@@H](O)[C@@H](C)O[C@@H](O[C@@H]2[C@@H](C)O[C@@H](O[C@H]3[C@@H](OC)C[C@H](O[C@H]4[C@@H](OC)C[C@H](O[C@H]5CC[C@@]6(C)C(=CC[C@]7(O)[C@@H]6C[C@@H](OC(=O)c6ccccc6)[C@]6(C)C(O)(C(C)OC(=O)c8ccccc8)CC[C@]76O)C5)O[C@@H]4C)O[C@@H]3C)C[C@H]2OC)[C@@H]1O. The van der Waals surface area contributed by atoms with E-state index in [2.05, 4.69) is 6.92 Å². The minimum absolute atomic E-state index is 0.0361. The van der Waals surface area contributed by atoms with Gasteiger partial charge in [0.2, 0.25) is 0 Å². The van der Waals surface area contributed by atoms with Gasteiger partial charge in [-0.05, 0) is 109 Å². The van der Waals surface area contributed by atoms with E-state index < -0.39 is 162 Å². The van der Waals surface area contributed by atoms with Crippen molar-refractivity contribution in [3.8, 4) is 0 Å². The number of ether oxygens (including phenoxy) is 14. The molecule has 0 bridgehead atoms. The maximum absolute atomic E-state index is 14.1. The van der Waals surface area contributed by atoms with Crippen molar-refractivity contribution >= 4 is 11.9 Å². The minimum Gasteiger partial charge on any atom is -0.458 e. The first-order chi connectivity index (χ1) is 40.0. The summed E-state index contributed by atoms with van der Waals surface area (Å²) in [5.41, 5.74) is -6.42. The Balaban J connectivity index is 0.773. The Morgan fingerprint density at radius 1 is 0.595 bits per heavy atom. The lowest BCUT2D eigenvalue weighted by Crippen LogP contribution is -2.78. The summed E-state index contributed by atoms with van der Waals surface area (Å²) in [5.74, 6) is -1.89. The number of aliphatic hydroxyl groups is 5. The number of carbonyl (C=O) groups excluding carboxylic acids is 2. The fraction of sp³-hybridized carbons (Fsp3) is 0.746. The molecule has 4 aliphatic carbocycles.